The van der Waals surface area contributed by atoms with Crippen molar-refractivity contribution in [2.45, 2.75) is 56.4 Å². The number of hydrogen-bond donors (Lipinski definition) is 1. The van der Waals surface area contributed by atoms with Gasteiger partial charge < -0.3 is 0 Å². The van der Waals surface area contributed by atoms with Gasteiger partial charge in [0.2, 0.25) is 10.0 Å². The minimum absolute atomic E-state index is 0.368. The van der Waals surface area contributed by atoms with E-state index in [0.29, 0.717) is 23.6 Å². The lowest BCUT2D eigenvalue weighted by atomic mass is 9.97. The normalized spacial score (nSPS) is 17.8. The van der Waals surface area contributed by atoms with Crippen LogP contribution in [0.2, 0.25) is 0 Å². The van der Waals surface area contributed by atoms with Crippen LogP contribution in [0.5, 0.6) is 0 Å². The van der Waals surface area contributed by atoms with E-state index in [0.717, 1.165) is 19.3 Å². The lowest BCUT2D eigenvalue weighted by Gasteiger charge is -2.28. The molecule has 5 heteroatoms. The van der Waals surface area contributed by atoms with Crippen LogP contribution in [0.1, 0.15) is 44.2 Å². The molecule has 1 aromatic rings. The second-order valence-corrected chi connectivity index (χ2v) is 7.80. The van der Waals surface area contributed by atoms with Crippen molar-refractivity contribution in [3.63, 3.8) is 0 Å². The lowest BCUT2D eigenvalue weighted by Crippen LogP contribution is -2.45. The molecule has 0 fully saturated rings. The van der Waals surface area contributed by atoms with Crippen molar-refractivity contribution in [2.75, 3.05) is 5.88 Å². The molecule has 20 heavy (non-hydrogen) atoms. The predicted molar refractivity (Wildman–Crippen MR) is 82.8 cm³/mol. The molecular weight excluding hydrogens is 294 g/mol. The summed E-state index contributed by atoms with van der Waals surface area (Å²) in [6.45, 7) is 3.87. The summed E-state index contributed by atoms with van der Waals surface area (Å²) >= 11 is 5.78. The molecule has 1 unspecified atom stereocenters. The van der Waals surface area contributed by atoms with Gasteiger partial charge in [-0.1, -0.05) is 13.0 Å². The molecule has 1 aliphatic carbocycles. The Bertz CT molecular complexity index is 586. The van der Waals surface area contributed by atoms with Gasteiger partial charge in [0.1, 0.15) is 0 Å². The van der Waals surface area contributed by atoms with Crippen LogP contribution in [0.3, 0.4) is 0 Å². The van der Waals surface area contributed by atoms with Crippen LogP contribution in [-0.4, -0.2) is 19.8 Å². The van der Waals surface area contributed by atoms with E-state index in [9.17, 15) is 8.42 Å². The van der Waals surface area contributed by atoms with Crippen LogP contribution in [0.15, 0.2) is 23.1 Å². The fourth-order valence-corrected chi connectivity index (χ4v) is 4.58. The zero-order chi connectivity index (χ0) is 14.8. The number of alkyl halides is 1. The predicted octanol–water partition coefficient (Wildman–Crippen LogP) is 3.25. The second-order valence-electron chi connectivity index (χ2n) is 5.74. The largest absolute Gasteiger partial charge is 0.241 e. The highest BCUT2D eigenvalue weighted by Gasteiger charge is 2.29. The maximum absolute atomic E-state index is 12.5. The van der Waals surface area contributed by atoms with Crippen LogP contribution in [-0.2, 0) is 22.9 Å². The highest BCUT2D eigenvalue weighted by molar-refractivity contribution is 7.89. The third-order valence-corrected chi connectivity index (χ3v) is 6.01. The summed E-state index contributed by atoms with van der Waals surface area (Å²) in [4.78, 5) is 0.368. The Morgan fingerprint density at radius 2 is 2.00 bits per heavy atom. The van der Waals surface area contributed by atoms with E-state index < -0.39 is 15.6 Å². The van der Waals surface area contributed by atoms with Crippen molar-refractivity contribution < 1.29 is 8.42 Å². The first-order chi connectivity index (χ1) is 9.40. The molecule has 1 aromatic carbocycles. The van der Waals surface area contributed by atoms with Gasteiger partial charge in [-0.25, -0.2) is 13.1 Å². The number of fused-ring (bicyclic) bond motifs is 1. The number of nitrogens with one attached hydrogen (secondary N) is 1. The van der Waals surface area contributed by atoms with Crippen LogP contribution in [0.4, 0.5) is 0 Å². The number of sulfonamides is 1. The molecule has 0 saturated carbocycles. The highest BCUT2D eigenvalue weighted by atomic mass is 35.5. The van der Waals surface area contributed by atoms with E-state index in [4.69, 9.17) is 11.6 Å². The first kappa shape index (κ1) is 15.8. The fraction of sp³-hybridized carbons (Fsp3) is 0.600. The van der Waals surface area contributed by atoms with Gasteiger partial charge in [0.05, 0.1) is 4.90 Å². The molecule has 3 nitrogen and oxygen atoms in total. The van der Waals surface area contributed by atoms with Gasteiger partial charge in [-0.05, 0) is 62.3 Å². The van der Waals surface area contributed by atoms with Crippen molar-refractivity contribution in [3.8, 4) is 0 Å². The quantitative estimate of drug-likeness (QED) is 0.819. The molecule has 0 heterocycles. The van der Waals surface area contributed by atoms with E-state index in [1.165, 1.54) is 11.1 Å². The van der Waals surface area contributed by atoms with Crippen molar-refractivity contribution in [1.82, 2.24) is 4.72 Å². The van der Waals surface area contributed by atoms with Crippen molar-refractivity contribution in [1.29, 1.82) is 0 Å². The van der Waals surface area contributed by atoms with E-state index >= 15 is 0 Å². The monoisotopic (exact) mass is 315 g/mol. The second kappa shape index (κ2) is 6.04. The Labute approximate surface area is 126 Å². The van der Waals surface area contributed by atoms with Gasteiger partial charge in [0, 0.05) is 11.4 Å². The molecule has 0 amide bonds. The van der Waals surface area contributed by atoms with Gasteiger partial charge in [-0.2, -0.15) is 0 Å². The Kier molecular flexibility index (Phi) is 4.77. The molecule has 1 N–H and O–H groups in total. The summed E-state index contributed by atoms with van der Waals surface area (Å²) in [6.07, 6.45) is 4.48. The fourth-order valence-electron chi connectivity index (χ4n) is 2.61. The van der Waals surface area contributed by atoms with Crippen molar-refractivity contribution in [2.24, 2.45) is 0 Å². The molecule has 0 saturated heterocycles. The minimum Gasteiger partial charge on any atom is -0.207 e. The Balaban J connectivity index is 2.26. The van der Waals surface area contributed by atoms with Crippen LogP contribution in [0.25, 0.3) is 0 Å². The van der Waals surface area contributed by atoms with Crippen LogP contribution in [0, 0.1) is 0 Å². The third kappa shape index (κ3) is 3.35. The molecule has 1 atom stereocenters. The first-order valence-electron chi connectivity index (χ1n) is 7.12. The van der Waals surface area contributed by atoms with Crippen molar-refractivity contribution >= 4 is 21.6 Å². The third-order valence-electron chi connectivity index (χ3n) is 4.19. The average molecular weight is 316 g/mol. The van der Waals surface area contributed by atoms with Crippen LogP contribution < -0.4 is 4.72 Å². The molecule has 0 aromatic heterocycles. The summed E-state index contributed by atoms with van der Waals surface area (Å²) in [7, 11) is -3.48. The number of benzene rings is 1. The van der Waals surface area contributed by atoms with Gasteiger partial charge in [-0.15, -0.1) is 11.6 Å². The van der Waals surface area contributed by atoms with Gasteiger partial charge >= 0.3 is 0 Å². The molecule has 0 radical (unpaired) electrons. The Hall–Kier alpha value is -0.580. The molecule has 0 spiro atoms. The zero-order valence-electron chi connectivity index (χ0n) is 12.1. The Morgan fingerprint density at radius 3 is 2.65 bits per heavy atom. The van der Waals surface area contributed by atoms with Gasteiger partial charge in [0.15, 0.2) is 0 Å². The Morgan fingerprint density at radius 1 is 1.30 bits per heavy atom. The minimum atomic E-state index is -3.48. The van der Waals surface area contributed by atoms with E-state index in [1.807, 2.05) is 26.0 Å². The molecule has 0 aliphatic heterocycles. The van der Waals surface area contributed by atoms with Gasteiger partial charge in [0.25, 0.3) is 0 Å². The summed E-state index contributed by atoms with van der Waals surface area (Å²) in [5.74, 6) is 0.442. The molecule has 0 bridgehead atoms. The zero-order valence-corrected chi connectivity index (χ0v) is 13.6. The number of hydrogen-bond acceptors (Lipinski definition) is 2. The topological polar surface area (TPSA) is 46.2 Å². The molecule has 112 valence electrons. The van der Waals surface area contributed by atoms with Crippen molar-refractivity contribution in [3.05, 3.63) is 29.3 Å². The summed E-state index contributed by atoms with van der Waals surface area (Å²) in [5, 5.41) is 0. The highest BCUT2D eigenvalue weighted by Crippen LogP contribution is 2.26. The molecule has 1 aliphatic rings. The van der Waals surface area contributed by atoms with E-state index in [-0.39, 0.29) is 0 Å². The SMILES string of the molecule is CCC(C)(CCCl)NS(=O)(=O)c1ccc2c(c1)CCC2. The lowest BCUT2D eigenvalue weighted by molar-refractivity contribution is 0.390. The average Bonchev–Trinajstić information content (AvgIpc) is 2.85. The maximum atomic E-state index is 12.5. The number of aryl methyl sites for hydroxylation is 2. The maximum Gasteiger partial charge on any atom is 0.241 e. The van der Waals surface area contributed by atoms with E-state index in [2.05, 4.69) is 4.72 Å². The molecular formula is C15H22ClNO2S. The van der Waals surface area contributed by atoms with E-state index in [1.54, 1.807) is 6.07 Å². The standard InChI is InChI=1S/C15H22ClNO2S/c1-3-15(2,9-10-16)17-20(18,19)14-8-7-12-5-4-6-13(12)11-14/h7-8,11,17H,3-6,9-10H2,1-2H3. The molecule has 2 rings (SSSR count). The smallest absolute Gasteiger partial charge is 0.207 e. The van der Waals surface area contributed by atoms with Gasteiger partial charge in [-0.3, -0.25) is 0 Å². The summed E-state index contributed by atoms with van der Waals surface area (Å²) < 4.78 is 27.9. The summed E-state index contributed by atoms with van der Waals surface area (Å²) in [6, 6.07) is 5.48. The number of halogens is 1. The summed E-state index contributed by atoms with van der Waals surface area (Å²) in [5.41, 5.74) is 1.96. The number of rotatable bonds is 6. The first-order valence-corrected chi connectivity index (χ1v) is 9.14. The van der Waals surface area contributed by atoms with Crippen LogP contribution >= 0.6 is 11.6 Å².